The van der Waals surface area contributed by atoms with Crippen LogP contribution in [0.2, 0.25) is 10.0 Å². The van der Waals surface area contributed by atoms with Gasteiger partial charge in [0.05, 0.1) is 37.5 Å². The fourth-order valence-electron chi connectivity index (χ4n) is 3.67. The van der Waals surface area contributed by atoms with Crippen LogP contribution in [0.15, 0.2) is 42.9 Å². The Hall–Kier alpha value is -1.93. The molecule has 0 unspecified atom stereocenters. The molecule has 0 aliphatic heterocycles. The number of nitrogens with one attached hydrogen (secondary N) is 1. The number of aryl methyl sites for hydroxylation is 1. The van der Waals surface area contributed by atoms with E-state index in [2.05, 4.69) is 31.4 Å². The van der Waals surface area contributed by atoms with Gasteiger partial charge in [0.25, 0.3) is 0 Å². The Morgan fingerprint density at radius 2 is 2.00 bits per heavy atom. The van der Waals surface area contributed by atoms with E-state index in [9.17, 15) is 4.21 Å². The first kappa shape index (κ1) is 23.2. The molecule has 1 aromatic carbocycles. The molecule has 32 heavy (non-hydrogen) atoms. The van der Waals surface area contributed by atoms with Crippen molar-refractivity contribution < 1.29 is 8.95 Å². The van der Waals surface area contributed by atoms with E-state index in [1.54, 1.807) is 12.4 Å². The maximum atomic E-state index is 12.5. The summed E-state index contributed by atoms with van der Waals surface area (Å²) in [7, 11) is -1.24. The number of ether oxygens (including phenoxy) is 1. The molecule has 0 bridgehead atoms. The number of allylic oxidation sites excluding steroid dienone is 1. The Balaban J connectivity index is 1.51. The first-order valence-corrected chi connectivity index (χ1v) is 12.3. The molecule has 0 fully saturated rings. The van der Waals surface area contributed by atoms with Gasteiger partial charge in [0.15, 0.2) is 0 Å². The fourth-order valence-corrected chi connectivity index (χ4v) is 4.78. The van der Waals surface area contributed by atoms with Gasteiger partial charge in [-0.3, -0.25) is 0 Å². The van der Waals surface area contributed by atoms with Gasteiger partial charge in [-0.2, -0.15) is 0 Å². The molecule has 1 aliphatic rings. The third-order valence-corrected chi connectivity index (χ3v) is 7.82. The molecular weight excluding hydrogens is 467 g/mol. The van der Waals surface area contributed by atoms with E-state index in [0.29, 0.717) is 21.4 Å². The van der Waals surface area contributed by atoms with Crippen molar-refractivity contribution in [1.82, 2.24) is 19.3 Å². The van der Waals surface area contributed by atoms with E-state index in [4.69, 9.17) is 27.9 Å². The number of hydrogen-bond donors (Lipinski definition) is 1. The summed E-state index contributed by atoms with van der Waals surface area (Å²) in [5.74, 6) is 0.628. The lowest BCUT2D eigenvalue weighted by molar-refractivity contribution is 0.234. The quantitative estimate of drug-likeness (QED) is 0.458. The summed E-state index contributed by atoms with van der Waals surface area (Å²) in [5.41, 5.74) is 2.57. The highest BCUT2D eigenvalue weighted by molar-refractivity contribution is 7.84. The van der Waals surface area contributed by atoms with Crippen LogP contribution >= 0.6 is 23.2 Å². The molecule has 6 nitrogen and oxygen atoms in total. The predicted octanol–water partition coefficient (Wildman–Crippen LogP) is 5.55. The molecule has 1 N–H and O–H groups in total. The van der Waals surface area contributed by atoms with Gasteiger partial charge in [-0.15, -0.1) is 0 Å². The SMILES string of the molecule is Cc1ncnc2c1ccn2[C@H]1C=C[C@@H](Oc2ccc(Cl)c(Cl)c2CN[S@](=O)C(C)(C)C)C1. The average Bonchev–Trinajstić information content (AvgIpc) is 3.37. The van der Waals surface area contributed by atoms with Gasteiger partial charge in [0.2, 0.25) is 0 Å². The van der Waals surface area contributed by atoms with Crippen LogP contribution in [0.5, 0.6) is 5.75 Å². The van der Waals surface area contributed by atoms with Crippen LogP contribution in [0.4, 0.5) is 0 Å². The van der Waals surface area contributed by atoms with E-state index in [1.165, 1.54) is 0 Å². The van der Waals surface area contributed by atoms with Crippen LogP contribution in [-0.4, -0.2) is 29.6 Å². The summed E-state index contributed by atoms with van der Waals surface area (Å²) < 4.78 is 23.6. The summed E-state index contributed by atoms with van der Waals surface area (Å²) in [6, 6.07) is 5.71. The van der Waals surface area contributed by atoms with Crippen molar-refractivity contribution >= 4 is 45.2 Å². The van der Waals surface area contributed by atoms with Crippen LogP contribution in [0.25, 0.3) is 11.0 Å². The van der Waals surface area contributed by atoms with Crippen LogP contribution in [0.3, 0.4) is 0 Å². The molecule has 0 radical (unpaired) electrons. The average molecular weight is 493 g/mol. The zero-order valence-corrected chi connectivity index (χ0v) is 20.8. The number of rotatable bonds is 6. The summed E-state index contributed by atoms with van der Waals surface area (Å²) >= 11 is 12.7. The lowest BCUT2D eigenvalue weighted by Crippen LogP contribution is -2.33. The summed E-state index contributed by atoms with van der Waals surface area (Å²) in [4.78, 5) is 8.73. The van der Waals surface area contributed by atoms with Crippen LogP contribution < -0.4 is 9.46 Å². The summed E-state index contributed by atoms with van der Waals surface area (Å²) in [6.07, 6.45) is 8.44. The van der Waals surface area contributed by atoms with Crippen molar-refractivity contribution in [2.24, 2.45) is 0 Å². The van der Waals surface area contributed by atoms with Gasteiger partial charge < -0.3 is 9.30 Å². The second-order valence-electron chi connectivity index (χ2n) is 8.80. The predicted molar refractivity (Wildman–Crippen MR) is 131 cm³/mol. The molecule has 3 aromatic rings. The highest BCUT2D eigenvalue weighted by Gasteiger charge is 2.26. The third-order valence-electron chi connectivity index (χ3n) is 5.46. The number of fused-ring (bicyclic) bond motifs is 1. The van der Waals surface area contributed by atoms with Crippen LogP contribution in [-0.2, 0) is 17.5 Å². The number of hydrogen-bond acceptors (Lipinski definition) is 4. The molecule has 2 heterocycles. The maximum Gasteiger partial charge on any atom is 0.144 e. The molecule has 2 aromatic heterocycles. The van der Waals surface area contributed by atoms with Crippen LogP contribution in [0, 0.1) is 6.92 Å². The van der Waals surface area contributed by atoms with Gasteiger partial charge in [-0.1, -0.05) is 29.3 Å². The highest BCUT2D eigenvalue weighted by atomic mass is 35.5. The van der Waals surface area contributed by atoms with E-state index in [0.717, 1.165) is 23.1 Å². The molecule has 0 saturated carbocycles. The van der Waals surface area contributed by atoms with E-state index >= 15 is 0 Å². The monoisotopic (exact) mass is 492 g/mol. The minimum absolute atomic E-state index is 0.129. The number of benzene rings is 1. The Kier molecular flexibility index (Phi) is 6.63. The molecule has 170 valence electrons. The second kappa shape index (κ2) is 9.14. The molecule has 9 heteroatoms. The zero-order valence-electron chi connectivity index (χ0n) is 18.4. The van der Waals surface area contributed by atoms with Gasteiger partial charge in [0, 0.05) is 30.1 Å². The van der Waals surface area contributed by atoms with Gasteiger partial charge >= 0.3 is 0 Å². The Bertz CT molecular complexity index is 1200. The van der Waals surface area contributed by atoms with Gasteiger partial charge in [0.1, 0.15) is 23.8 Å². The molecule has 0 spiro atoms. The molecular formula is C23H26Cl2N4O2S. The van der Waals surface area contributed by atoms with Crippen molar-refractivity contribution in [1.29, 1.82) is 0 Å². The number of nitrogens with zero attached hydrogens (tertiary/aromatic N) is 3. The van der Waals surface area contributed by atoms with Crippen LogP contribution in [0.1, 0.15) is 44.5 Å². The molecule has 3 atom stereocenters. The van der Waals surface area contributed by atoms with Crippen molar-refractivity contribution in [3.05, 3.63) is 64.2 Å². The standard InChI is InChI=1S/C23H26Cl2N4O2S/c1-14-17-9-10-29(22(17)27-13-26-14)15-5-6-16(11-15)31-20-8-7-19(24)21(25)18(20)12-28-32(30)23(2,3)4/h5-10,13,15-16,28H,11-12H2,1-4H3/t15-,16+,32+/m0/s1. The van der Waals surface area contributed by atoms with Gasteiger partial charge in [-0.05, 0) is 52.0 Å². The molecule has 4 rings (SSSR count). The van der Waals surface area contributed by atoms with Crippen molar-refractivity contribution in [2.45, 2.75) is 57.6 Å². The highest BCUT2D eigenvalue weighted by Crippen LogP contribution is 2.36. The first-order valence-electron chi connectivity index (χ1n) is 10.4. The lowest BCUT2D eigenvalue weighted by atomic mass is 10.2. The minimum atomic E-state index is -1.24. The topological polar surface area (TPSA) is 69.0 Å². The Labute approximate surface area is 200 Å². The lowest BCUT2D eigenvalue weighted by Gasteiger charge is -2.21. The maximum absolute atomic E-state index is 12.5. The third kappa shape index (κ3) is 4.71. The molecule has 0 saturated heterocycles. The minimum Gasteiger partial charge on any atom is -0.486 e. The van der Waals surface area contributed by atoms with E-state index in [-0.39, 0.29) is 18.7 Å². The molecule has 0 amide bonds. The summed E-state index contributed by atoms with van der Waals surface area (Å²) in [5, 5.41) is 1.89. The largest absolute Gasteiger partial charge is 0.486 e. The van der Waals surface area contributed by atoms with Crippen molar-refractivity contribution in [3.8, 4) is 5.75 Å². The van der Waals surface area contributed by atoms with E-state index in [1.807, 2.05) is 46.0 Å². The van der Waals surface area contributed by atoms with Crippen molar-refractivity contribution in [3.63, 3.8) is 0 Å². The smallest absolute Gasteiger partial charge is 0.144 e. The van der Waals surface area contributed by atoms with Gasteiger partial charge in [-0.25, -0.2) is 18.9 Å². The van der Waals surface area contributed by atoms with E-state index < -0.39 is 15.7 Å². The zero-order chi connectivity index (χ0) is 23.0. The normalized spacial score (nSPS) is 19.6. The summed E-state index contributed by atoms with van der Waals surface area (Å²) in [6.45, 7) is 8.00. The first-order chi connectivity index (χ1) is 15.1. The number of aromatic nitrogens is 3. The number of halogens is 2. The second-order valence-corrected chi connectivity index (χ2v) is 11.6. The Morgan fingerprint density at radius 3 is 2.75 bits per heavy atom. The Morgan fingerprint density at radius 1 is 1.22 bits per heavy atom. The van der Waals surface area contributed by atoms with Crippen molar-refractivity contribution in [2.75, 3.05) is 0 Å². The fraction of sp³-hybridized carbons (Fsp3) is 0.391. The molecule has 1 aliphatic carbocycles.